The van der Waals surface area contributed by atoms with Gasteiger partial charge in [-0.3, -0.25) is 0 Å². The lowest BCUT2D eigenvalue weighted by molar-refractivity contribution is 0.898. The Morgan fingerprint density at radius 3 is 1.64 bits per heavy atom. The minimum Gasteiger partial charge on any atom is -0.336 e. The van der Waals surface area contributed by atoms with Gasteiger partial charge in [0, 0.05) is 0 Å². The van der Waals surface area contributed by atoms with Crippen LogP contribution in [0.2, 0.25) is 26.2 Å². The molecule has 3 heteroatoms. The molecular weight excluding hydrogens is 166 g/mol. The molecule has 0 saturated carbocycles. The summed E-state index contributed by atoms with van der Waals surface area (Å²) in [4.78, 5) is 0. The van der Waals surface area contributed by atoms with Gasteiger partial charge in [0.25, 0.3) is 0 Å². The van der Waals surface area contributed by atoms with Gasteiger partial charge in [0.1, 0.15) is 0 Å². The fourth-order valence-corrected chi connectivity index (χ4v) is 4.52. The van der Waals surface area contributed by atoms with Crippen molar-refractivity contribution in [3.8, 4) is 0 Å². The van der Waals surface area contributed by atoms with Crippen LogP contribution in [-0.4, -0.2) is 23.1 Å². The summed E-state index contributed by atoms with van der Waals surface area (Å²) in [5, 5.41) is 1.49. The van der Waals surface area contributed by atoms with Gasteiger partial charge in [0.15, 0.2) is 8.96 Å². The highest BCUT2D eigenvalue weighted by Gasteiger charge is 2.11. The summed E-state index contributed by atoms with van der Waals surface area (Å²) >= 11 is 0. The van der Waals surface area contributed by atoms with Crippen molar-refractivity contribution < 1.29 is 0 Å². The van der Waals surface area contributed by atoms with Crippen molar-refractivity contribution in [2.24, 2.45) is 10.6 Å². The van der Waals surface area contributed by atoms with Gasteiger partial charge in [-0.1, -0.05) is 40.0 Å². The molecule has 0 unspecified atom stereocenters. The first-order valence-corrected chi connectivity index (χ1v) is 9.09. The SMILES string of the molecule is CC(C)/C(=N/[Si](C)C)[Si](C)C. The minimum atomic E-state index is -0.409. The monoisotopic (exact) mass is 185 g/mol. The summed E-state index contributed by atoms with van der Waals surface area (Å²) in [6.07, 6.45) is 0. The fraction of sp³-hybridized carbons (Fsp3) is 0.875. The van der Waals surface area contributed by atoms with E-state index in [1.807, 2.05) is 0 Å². The van der Waals surface area contributed by atoms with Gasteiger partial charge in [0.2, 0.25) is 0 Å². The molecule has 0 aromatic rings. The number of hydrogen-bond donors (Lipinski definition) is 0. The predicted octanol–water partition coefficient (Wildman–Crippen LogP) is 2.63. The van der Waals surface area contributed by atoms with Crippen molar-refractivity contribution in [3.63, 3.8) is 0 Å². The summed E-state index contributed by atoms with van der Waals surface area (Å²) in [7, 11) is -0.701. The molecule has 0 aliphatic carbocycles. The van der Waals surface area contributed by atoms with Crippen LogP contribution in [-0.2, 0) is 0 Å². The molecule has 0 aliphatic rings. The van der Waals surface area contributed by atoms with E-state index >= 15 is 0 Å². The molecule has 0 atom stereocenters. The van der Waals surface area contributed by atoms with Crippen molar-refractivity contribution >= 4 is 23.1 Å². The van der Waals surface area contributed by atoms with Gasteiger partial charge in [0.05, 0.1) is 8.80 Å². The molecule has 0 spiro atoms. The summed E-state index contributed by atoms with van der Waals surface area (Å²) in [6, 6.07) is 0. The Morgan fingerprint density at radius 2 is 1.55 bits per heavy atom. The Balaban J connectivity index is 4.33. The second kappa shape index (κ2) is 4.88. The zero-order chi connectivity index (χ0) is 9.02. The molecule has 0 aromatic heterocycles. The van der Waals surface area contributed by atoms with E-state index in [9.17, 15) is 0 Å². The molecule has 0 bridgehead atoms. The molecule has 11 heavy (non-hydrogen) atoms. The van der Waals surface area contributed by atoms with Crippen molar-refractivity contribution in [3.05, 3.63) is 0 Å². The molecule has 0 saturated heterocycles. The smallest absolute Gasteiger partial charge is 0.189 e. The van der Waals surface area contributed by atoms with Gasteiger partial charge in [-0.25, -0.2) is 0 Å². The van der Waals surface area contributed by atoms with Crippen LogP contribution < -0.4 is 0 Å². The van der Waals surface area contributed by atoms with Crippen LogP contribution in [0, 0.1) is 5.92 Å². The van der Waals surface area contributed by atoms with Crippen molar-refractivity contribution in [2.45, 2.75) is 40.0 Å². The largest absolute Gasteiger partial charge is 0.336 e. The van der Waals surface area contributed by atoms with Gasteiger partial charge >= 0.3 is 0 Å². The number of hydrogen-bond acceptors (Lipinski definition) is 1. The maximum atomic E-state index is 4.74. The lowest BCUT2D eigenvalue weighted by Gasteiger charge is -2.13. The van der Waals surface area contributed by atoms with E-state index < -0.39 is 8.96 Å². The van der Waals surface area contributed by atoms with E-state index in [2.05, 4.69) is 40.0 Å². The quantitative estimate of drug-likeness (QED) is 0.473. The zero-order valence-electron chi connectivity index (χ0n) is 8.52. The summed E-state index contributed by atoms with van der Waals surface area (Å²) in [5.74, 6) is 0.666. The topological polar surface area (TPSA) is 12.4 Å². The number of nitrogens with zero attached hydrogens (tertiary/aromatic N) is 1. The molecule has 0 N–H and O–H groups in total. The standard InChI is InChI=1S/C8H19NSi2/c1-7(2)8(10(3)4)9-11(5)6/h7H,1-6H3/b9-8-. The normalized spacial score (nSPS) is 13.7. The minimum absolute atomic E-state index is 0.292. The molecule has 0 fully saturated rings. The van der Waals surface area contributed by atoms with E-state index in [4.69, 9.17) is 4.66 Å². The van der Waals surface area contributed by atoms with E-state index in [0.29, 0.717) is 5.92 Å². The average molecular weight is 185 g/mol. The fourth-order valence-electron chi connectivity index (χ4n) is 1.06. The molecule has 0 rings (SSSR count). The highest BCUT2D eigenvalue weighted by molar-refractivity contribution is 6.91. The van der Waals surface area contributed by atoms with Crippen LogP contribution in [0.25, 0.3) is 0 Å². The third-order valence-corrected chi connectivity index (χ3v) is 4.03. The lowest BCUT2D eigenvalue weighted by Crippen LogP contribution is -2.25. The maximum absolute atomic E-state index is 4.74. The average Bonchev–Trinajstić information content (AvgIpc) is 1.81. The second-order valence-electron chi connectivity index (χ2n) is 3.60. The van der Waals surface area contributed by atoms with E-state index in [0.717, 1.165) is 0 Å². The Labute approximate surface area is 74.2 Å². The highest BCUT2D eigenvalue weighted by atomic mass is 28.3. The summed E-state index contributed by atoms with van der Waals surface area (Å²) in [6.45, 7) is 13.7. The number of rotatable bonds is 3. The molecule has 0 aromatic carbocycles. The molecule has 0 aliphatic heterocycles. The van der Waals surface area contributed by atoms with Crippen LogP contribution in [0.1, 0.15) is 13.8 Å². The van der Waals surface area contributed by atoms with E-state index in [1.165, 1.54) is 5.33 Å². The van der Waals surface area contributed by atoms with Crippen molar-refractivity contribution in [1.82, 2.24) is 0 Å². The third kappa shape index (κ3) is 4.53. The Kier molecular flexibility index (Phi) is 4.92. The summed E-state index contributed by atoms with van der Waals surface area (Å²) in [5.41, 5.74) is 0. The molecule has 64 valence electrons. The first-order valence-electron chi connectivity index (χ1n) is 4.14. The van der Waals surface area contributed by atoms with Crippen molar-refractivity contribution in [2.75, 3.05) is 0 Å². The van der Waals surface area contributed by atoms with Crippen LogP contribution in [0.4, 0.5) is 0 Å². The third-order valence-electron chi connectivity index (χ3n) is 1.40. The van der Waals surface area contributed by atoms with Crippen LogP contribution in [0.3, 0.4) is 0 Å². The first kappa shape index (κ1) is 11.1. The van der Waals surface area contributed by atoms with Gasteiger partial charge < -0.3 is 4.66 Å². The lowest BCUT2D eigenvalue weighted by atomic mass is 10.2. The van der Waals surface area contributed by atoms with Crippen LogP contribution >= 0.6 is 0 Å². The highest BCUT2D eigenvalue weighted by Crippen LogP contribution is 2.02. The van der Waals surface area contributed by atoms with Gasteiger partial charge in [-0.15, -0.1) is 0 Å². The predicted molar refractivity (Wildman–Crippen MR) is 57.2 cm³/mol. The van der Waals surface area contributed by atoms with Crippen LogP contribution in [0.5, 0.6) is 0 Å². The van der Waals surface area contributed by atoms with E-state index in [-0.39, 0.29) is 8.80 Å². The maximum Gasteiger partial charge on any atom is 0.189 e. The molecule has 1 nitrogen and oxygen atoms in total. The Hall–Kier alpha value is 0.104. The molecular formula is C8H19NSi2. The Morgan fingerprint density at radius 1 is 1.09 bits per heavy atom. The van der Waals surface area contributed by atoms with Crippen molar-refractivity contribution in [1.29, 1.82) is 0 Å². The van der Waals surface area contributed by atoms with Gasteiger partial charge in [-0.05, 0) is 11.3 Å². The van der Waals surface area contributed by atoms with Gasteiger partial charge in [-0.2, -0.15) is 0 Å². The van der Waals surface area contributed by atoms with E-state index in [1.54, 1.807) is 0 Å². The Bertz CT molecular complexity index is 129. The first-order chi connectivity index (χ1) is 4.95. The molecule has 0 amide bonds. The molecule has 0 heterocycles. The zero-order valence-corrected chi connectivity index (χ0v) is 10.5. The second-order valence-corrected chi connectivity index (χ2v) is 8.23. The van der Waals surface area contributed by atoms with Crippen LogP contribution in [0.15, 0.2) is 4.66 Å². The summed E-state index contributed by atoms with van der Waals surface area (Å²) < 4.78 is 4.74. The molecule has 2 radical (unpaired) electrons.